The van der Waals surface area contributed by atoms with E-state index in [1.54, 1.807) is 0 Å². The Kier molecular flexibility index (Phi) is 5.45. The smallest absolute Gasteiger partial charge is 0.193 e. The van der Waals surface area contributed by atoms with Crippen molar-refractivity contribution in [3.63, 3.8) is 0 Å². The standard InChI is InChI=1S/C16H25N3O2S/c1-12(2)14-6-3-7-15(9-14)19-16(17)18-10-13-5-4-8-22(20,21)11-13/h3,6-7,9,12-13H,4-5,8,10-11H2,1-2H3,(H3,17,18,19). The van der Waals surface area contributed by atoms with Gasteiger partial charge in [-0.3, -0.25) is 4.99 Å². The Morgan fingerprint density at radius 1 is 1.45 bits per heavy atom. The Bertz CT molecular complexity index is 639. The van der Waals surface area contributed by atoms with Crippen molar-refractivity contribution in [3.8, 4) is 0 Å². The minimum atomic E-state index is -2.88. The molecule has 0 aliphatic carbocycles. The summed E-state index contributed by atoms with van der Waals surface area (Å²) in [7, 11) is -2.88. The van der Waals surface area contributed by atoms with E-state index in [9.17, 15) is 8.42 Å². The first kappa shape index (κ1) is 16.8. The Morgan fingerprint density at radius 3 is 2.91 bits per heavy atom. The molecular formula is C16H25N3O2S. The van der Waals surface area contributed by atoms with E-state index in [1.165, 1.54) is 5.56 Å². The number of rotatable bonds is 4. The second kappa shape index (κ2) is 7.13. The van der Waals surface area contributed by atoms with Gasteiger partial charge in [0.05, 0.1) is 11.5 Å². The molecule has 0 bridgehead atoms. The van der Waals surface area contributed by atoms with Crippen LogP contribution in [-0.2, 0) is 9.84 Å². The maximum Gasteiger partial charge on any atom is 0.193 e. The monoisotopic (exact) mass is 323 g/mol. The van der Waals surface area contributed by atoms with Gasteiger partial charge in [0.2, 0.25) is 0 Å². The van der Waals surface area contributed by atoms with Crippen molar-refractivity contribution in [2.24, 2.45) is 16.6 Å². The molecule has 5 nitrogen and oxygen atoms in total. The quantitative estimate of drug-likeness (QED) is 0.658. The summed E-state index contributed by atoms with van der Waals surface area (Å²) in [6, 6.07) is 8.06. The summed E-state index contributed by atoms with van der Waals surface area (Å²) < 4.78 is 23.2. The Labute approximate surface area is 132 Å². The summed E-state index contributed by atoms with van der Waals surface area (Å²) in [5.74, 6) is 1.41. The highest BCUT2D eigenvalue weighted by Crippen LogP contribution is 2.19. The lowest BCUT2D eigenvalue weighted by atomic mass is 10.0. The van der Waals surface area contributed by atoms with Gasteiger partial charge in [0.15, 0.2) is 15.8 Å². The minimum Gasteiger partial charge on any atom is -0.370 e. The number of nitrogens with zero attached hydrogens (tertiary/aromatic N) is 1. The molecule has 1 atom stereocenters. The molecule has 1 aliphatic rings. The van der Waals surface area contributed by atoms with E-state index in [0.29, 0.717) is 24.2 Å². The average Bonchev–Trinajstić information content (AvgIpc) is 2.44. The maximum atomic E-state index is 11.6. The normalized spacial score (nSPS) is 21.8. The summed E-state index contributed by atoms with van der Waals surface area (Å²) in [6.45, 7) is 4.74. The van der Waals surface area contributed by atoms with Crippen molar-refractivity contribution in [1.82, 2.24) is 0 Å². The predicted octanol–water partition coefficient (Wildman–Crippen LogP) is 2.36. The summed E-state index contributed by atoms with van der Waals surface area (Å²) in [6.07, 6.45) is 1.63. The van der Waals surface area contributed by atoms with Crippen LogP contribution in [0.5, 0.6) is 0 Å². The zero-order valence-corrected chi connectivity index (χ0v) is 14.1. The third-order valence-electron chi connectivity index (χ3n) is 3.90. The van der Waals surface area contributed by atoms with Crippen LogP contribution in [0.4, 0.5) is 5.69 Å². The van der Waals surface area contributed by atoms with E-state index in [1.807, 2.05) is 12.1 Å². The summed E-state index contributed by atoms with van der Waals surface area (Å²) in [5.41, 5.74) is 8.04. The molecule has 122 valence electrons. The first-order chi connectivity index (χ1) is 10.4. The number of hydrogen-bond donors (Lipinski definition) is 2. The van der Waals surface area contributed by atoms with Gasteiger partial charge < -0.3 is 11.1 Å². The van der Waals surface area contributed by atoms with Gasteiger partial charge in [-0.05, 0) is 42.4 Å². The molecule has 1 aliphatic heterocycles. The molecule has 1 aromatic carbocycles. The Morgan fingerprint density at radius 2 is 2.23 bits per heavy atom. The van der Waals surface area contributed by atoms with Gasteiger partial charge in [-0.15, -0.1) is 0 Å². The summed E-state index contributed by atoms with van der Waals surface area (Å²) >= 11 is 0. The lowest BCUT2D eigenvalue weighted by Crippen LogP contribution is -2.29. The SMILES string of the molecule is CC(C)c1cccc(NC(N)=NCC2CCCS(=O)(=O)C2)c1. The van der Waals surface area contributed by atoms with Crippen LogP contribution in [-0.4, -0.2) is 32.4 Å². The molecule has 22 heavy (non-hydrogen) atoms. The third kappa shape index (κ3) is 5.02. The van der Waals surface area contributed by atoms with E-state index in [2.05, 4.69) is 36.3 Å². The number of sulfone groups is 1. The van der Waals surface area contributed by atoms with E-state index >= 15 is 0 Å². The number of nitrogens with one attached hydrogen (secondary N) is 1. The fraction of sp³-hybridized carbons (Fsp3) is 0.562. The second-order valence-electron chi connectivity index (χ2n) is 6.25. The van der Waals surface area contributed by atoms with Gasteiger partial charge in [0.1, 0.15) is 0 Å². The maximum absolute atomic E-state index is 11.6. The van der Waals surface area contributed by atoms with Crippen LogP contribution in [0.25, 0.3) is 0 Å². The highest BCUT2D eigenvalue weighted by Gasteiger charge is 2.24. The second-order valence-corrected chi connectivity index (χ2v) is 8.48. The zero-order valence-electron chi connectivity index (χ0n) is 13.2. The third-order valence-corrected chi connectivity index (χ3v) is 5.79. The van der Waals surface area contributed by atoms with Gasteiger partial charge in [-0.25, -0.2) is 8.42 Å². The topological polar surface area (TPSA) is 84.5 Å². The van der Waals surface area contributed by atoms with Gasteiger partial charge in [0, 0.05) is 12.2 Å². The largest absolute Gasteiger partial charge is 0.370 e. The van der Waals surface area contributed by atoms with Gasteiger partial charge in [-0.1, -0.05) is 26.0 Å². The number of hydrogen-bond acceptors (Lipinski definition) is 3. The highest BCUT2D eigenvalue weighted by molar-refractivity contribution is 7.91. The van der Waals surface area contributed by atoms with Gasteiger partial charge in [-0.2, -0.15) is 0 Å². The van der Waals surface area contributed by atoms with Crippen LogP contribution >= 0.6 is 0 Å². The number of nitrogens with two attached hydrogens (primary N) is 1. The van der Waals surface area contributed by atoms with Crippen LogP contribution in [0.15, 0.2) is 29.3 Å². The number of aliphatic imine (C=N–C) groups is 1. The molecule has 2 rings (SSSR count). The molecule has 1 saturated heterocycles. The van der Waals surface area contributed by atoms with Crippen LogP contribution < -0.4 is 11.1 Å². The van der Waals surface area contributed by atoms with E-state index in [4.69, 9.17) is 5.73 Å². The fourth-order valence-electron chi connectivity index (χ4n) is 2.65. The van der Waals surface area contributed by atoms with E-state index < -0.39 is 9.84 Å². The Balaban J connectivity index is 1.94. The molecule has 0 saturated carbocycles. The van der Waals surface area contributed by atoms with Crippen LogP contribution in [0.2, 0.25) is 0 Å². The zero-order chi connectivity index (χ0) is 16.2. The van der Waals surface area contributed by atoms with E-state index in [-0.39, 0.29) is 11.7 Å². The molecule has 6 heteroatoms. The molecule has 1 unspecified atom stereocenters. The van der Waals surface area contributed by atoms with Crippen molar-refractivity contribution in [2.45, 2.75) is 32.6 Å². The number of guanidine groups is 1. The van der Waals surface area contributed by atoms with E-state index in [0.717, 1.165) is 18.5 Å². The van der Waals surface area contributed by atoms with Crippen LogP contribution in [0.3, 0.4) is 0 Å². The first-order valence-corrected chi connectivity index (χ1v) is 9.55. The number of anilines is 1. The lowest BCUT2D eigenvalue weighted by molar-refractivity contribution is 0.494. The van der Waals surface area contributed by atoms with Crippen molar-refractivity contribution in [2.75, 3.05) is 23.4 Å². The first-order valence-electron chi connectivity index (χ1n) is 7.73. The Hall–Kier alpha value is -1.56. The molecule has 0 amide bonds. The van der Waals surface area contributed by atoms with Crippen molar-refractivity contribution >= 4 is 21.5 Å². The molecule has 0 aromatic heterocycles. The predicted molar refractivity (Wildman–Crippen MR) is 92.0 cm³/mol. The molecule has 1 aromatic rings. The number of benzene rings is 1. The van der Waals surface area contributed by atoms with Crippen molar-refractivity contribution < 1.29 is 8.42 Å². The van der Waals surface area contributed by atoms with Gasteiger partial charge in [0.25, 0.3) is 0 Å². The lowest BCUT2D eigenvalue weighted by Gasteiger charge is -2.20. The van der Waals surface area contributed by atoms with Crippen molar-refractivity contribution in [3.05, 3.63) is 29.8 Å². The van der Waals surface area contributed by atoms with Crippen LogP contribution in [0.1, 0.15) is 38.2 Å². The molecule has 1 heterocycles. The molecular weight excluding hydrogens is 298 g/mol. The molecule has 3 N–H and O–H groups in total. The van der Waals surface area contributed by atoms with Crippen LogP contribution in [0, 0.1) is 5.92 Å². The van der Waals surface area contributed by atoms with Crippen molar-refractivity contribution in [1.29, 1.82) is 0 Å². The average molecular weight is 323 g/mol. The van der Waals surface area contributed by atoms with Gasteiger partial charge >= 0.3 is 0 Å². The highest BCUT2D eigenvalue weighted by atomic mass is 32.2. The molecule has 0 radical (unpaired) electrons. The molecule has 1 fully saturated rings. The minimum absolute atomic E-state index is 0.0844. The fourth-order valence-corrected chi connectivity index (χ4v) is 4.42. The molecule has 0 spiro atoms. The summed E-state index contributed by atoms with van der Waals surface area (Å²) in [4.78, 5) is 4.30. The summed E-state index contributed by atoms with van der Waals surface area (Å²) in [5, 5.41) is 3.08.